The van der Waals surface area contributed by atoms with Crippen LogP contribution in [0.3, 0.4) is 0 Å². The van der Waals surface area contributed by atoms with Crippen LogP contribution in [0.2, 0.25) is 0 Å². The summed E-state index contributed by atoms with van der Waals surface area (Å²) in [6.07, 6.45) is 4.00. The molecule has 1 aliphatic rings. The molecule has 3 N–H and O–H groups in total. The molecule has 0 unspecified atom stereocenters. The lowest BCUT2D eigenvalue weighted by Gasteiger charge is -2.22. The molecule has 1 aromatic carbocycles. The van der Waals surface area contributed by atoms with Crippen molar-refractivity contribution in [3.05, 3.63) is 60.3 Å². The summed E-state index contributed by atoms with van der Waals surface area (Å²) in [6.45, 7) is 0.721. The number of anilines is 1. The number of rotatable bonds is 5. The highest BCUT2D eigenvalue weighted by atomic mass is 16.5. The van der Waals surface area contributed by atoms with Crippen LogP contribution in [0.25, 0.3) is 0 Å². The number of carbonyl (C=O) groups is 1. The number of ether oxygens (including phenoxy) is 2. The van der Waals surface area contributed by atoms with E-state index in [2.05, 4.69) is 25.6 Å². The fourth-order valence-electron chi connectivity index (χ4n) is 2.95. The highest BCUT2D eigenvalue weighted by molar-refractivity contribution is 5.95. The van der Waals surface area contributed by atoms with Crippen molar-refractivity contribution in [1.29, 1.82) is 0 Å². The van der Waals surface area contributed by atoms with Crippen LogP contribution in [0.1, 0.15) is 17.4 Å². The van der Waals surface area contributed by atoms with Crippen LogP contribution in [0, 0.1) is 0 Å². The third-order valence-electron chi connectivity index (χ3n) is 4.28. The number of fused-ring (bicyclic) bond motifs is 1. The number of carbonyl (C=O) groups excluding carboxylic acids is 1. The Morgan fingerprint density at radius 1 is 1.22 bits per heavy atom. The molecule has 0 bridgehead atoms. The number of amides is 1. The monoisotopic (exact) mass is 365 g/mol. The zero-order valence-corrected chi connectivity index (χ0v) is 14.7. The van der Waals surface area contributed by atoms with Crippen LogP contribution in [0.5, 0.6) is 17.4 Å². The van der Waals surface area contributed by atoms with E-state index >= 15 is 0 Å². The van der Waals surface area contributed by atoms with Crippen LogP contribution in [-0.4, -0.2) is 34.5 Å². The van der Waals surface area contributed by atoms with E-state index in [0.29, 0.717) is 23.1 Å². The van der Waals surface area contributed by atoms with Gasteiger partial charge in [0.25, 0.3) is 0 Å². The van der Waals surface area contributed by atoms with E-state index < -0.39 is 6.04 Å². The standard InChI is InChI=1S/C19H19N5O3/c1-26-13-3-2-4-14(9-13)27-16-6-5-12(10-21-16)24-19(25)18-17-15(7-8-20-18)22-11-23-17/h2-6,9-11,18,20H,7-8H2,1H3,(H,22,23)(H,24,25)/t18-/m1/s1. The maximum absolute atomic E-state index is 12.6. The van der Waals surface area contributed by atoms with E-state index in [9.17, 15) is 4.79 Å². The number of hydrogen-bond acceptors (Lipinski definition) is 6. The first kappa shape index (κ1) is 17.0. The van der Waals surface area contributed by atoms with Gasteiger partial charge in [0, 0.05) is 30.8 Å². The molecule has 3 heterocycles. The molecule has 0 aliphatic carbocycles. The zero-order chi connectivity index (χ0) is 18.6. The highest BCUT2D eigenvalue weighted by Gasteiger charge is 2.28. The Kier molecular flexibility index (Phi) is 4.71. The van der Waals surface area contributed by atoms with Gasteiger partial charge < -0.3 is 25.1 Å². The number of nitrogens with one attached hydrogen (secondary N) is 3. The van der Waals surface area contributed by atoms with Gasteiger partial charge in [-0.3, -0.25) is 4.79 Å². The van der Waals surface area contributed by atoms with Crippen LogP contribution in [0.4, 0.5) is 5.69 Å². The summed E-state index contributed by atoms with van der Waals surface area (Å²) in [5.41, 5.74) is 2.32. The van der Waals surface area contributed by atoms with Crippen molar-refractivity contribution in [2.45, 2.75) is 12.5 Å². The van der Waals surface area contributed by atoms with E-state index in [0.717, 1.165) is 24.4 Å². The number of aromatic nitrogens is 3. The summed E-state index contributed by atoms with van der Waals surface area (Å²) in [5.74, 6) is 1.57. The summed E-state index contributed by atoms with van der Waals surface area (Å²) in [6, 6.07) is 10.2. The topological polar surface area (TPSA) is 101 Å². The fraction of sp³-hybridized carbons (Fsp3) is 0.211. The number of methoxy groups -OCH3 is 1. The summed E-state index contributed by atoms with van der Waals surface area (Å²) < 4.78 is 10.9. The van der Waals surface area contributed by atoms with Crippen molar-refractivity contribution in [1.82, 2.24) is 20.3 Å². The molecule has 27 heavy (non-hydrogen) atoms. The van der Waals surface area contributed by atoms with Gasteiger partial charge in [0.2, 0.25) is 11.8 Å². The molecule has 1 atom stereocenters. The normalized spacial score (nSPS) is 15.7. The Balaban J connectivity index is 1.41. The smallest absolute Gasteiger partial charge is 0.247 e. The minimum Gasteiger partial charge on any atom is -0.497 e. The molecule has 1 aliphatic heterocycles. The summed E-state index contributed by atoms with van der Waals surface area (Å²) in [4.78, 5) is 24.1. The first-order chi connectivity index (χ1) is 13.2. The van der Waals surface area contributed by atoms with Crippen molar-refractivity contribution >= 4 is 11.6 Å². The molecular weight excluding hydrogens is 346 g/mol. The van der Waals surface area contributed by atoms with Crippen molar-refractivity contribution in [3.8, 4) is 17.4 Å². The molecule has 4 rings (SSSR count). The van der Waals surface area contributed by atoms with E-state index in [1.165, 1.54) is 0 Å². The predicted octanol–water partition coefficient (Wildman–Crippen LogP) is 2.43. The quantitative estimate of drug-likeness (QED) is 0.642. The van der Waals surface area contributed by atoms with Crippen molar-refractivity contribution in [3.63, 3.8) is 0 Å². The van der Waals surface area contributed by atoms with Gasteiger partial charge in [0.05, 0.1) is 31.0 Å². The van der Waals surface area contributed by atoms with Crippen molar-refractivity contribution in [2.75, 3.05) is 19.0 Å². The number of benzene rings is 1. The molecule has 1 amide bonds. The largest absolute Gasteiger partial charge is 0.497 e. The van der Waals surface area contributed by atoms with E-state index in [1.54, 1.807) is 37.8 Å². The SMILES string of the molecule is COc1cccc(Oc2ccc(NC(=O)[C@@H]3NCCc4[nH]cnc43)cn2)c1. The van der Waals surface area contributed by atoms with Gasteiger partial charge in [-0.1, -0.05) is 6.07 Å². The Hall–Kier alpha value is -3.39. The first-order valence-corrected chi connectivity index (χ1v) is 8.57. The van der Waals surface area contributed by atoms with Crippen LogP contribution >= 0.6 is 0 Å². The second-order valence-electron chi connectivity index (χ2n) is 6.06. The summed E-state index contributed by atoms with van der Waals surface area (Å²) in [7, 11) is 1.60. The van der Waals surface area contributed by atoms with Crippen molar-refractivity contribution in [2.24, 2.45) is 0 Å². The molecular formula is C19H19N5O3. The van der Waals surface area contributed by atoms with Gasteiger partial charge in [-0.05, 0) is 18.2 Å². The lowest BCUT2D eigenvalue weighted by molar-refractivity contribution is -0.118. The molecule has 8 nitrogen and oxygen atoms in total. The fourth-order valence-corrected chi connectivity index (χ4v) is 2.95. The molecule has 3 aromatic rings. The second kappa shape index (κ2) is 7.46. The Bertz CT molecular complexity index is 939. The average Bonchev–Trinajstić information content (AvgIpc) is 3.18. The molecule has 0 saturated heterocycles. The minimum atomic E-state index is -0.479. The van der Waals surface area contributed by atoms with E-state index in [4.69, 9.17) is 9.47 Å². The number of imidazole rings is 1. The van der Waals surface area contributed by atoms with Gasteiger partial charge >= 0.3 is 0 Å². The molecule has 0 spiro atoms. The number of nitrogens with zero attached hydrogens (tertiary/aromatic N) is 2. The lowest BCUT2D eigenvalue weighted by Crippen LogP contribution is -2.38. The summed E-state index contributed by atoms with van der Waals surface area (Å²) >= 11 is 0. The Labute approximate surface area is 156 Å². The highest BCUT2D eigenvalue weighted by Crippen LogP contribution is 2.25. The summed E-state index contributed by atoms with van der Waals surface area (Å²) in [5, 5.41) is 6.04. The van der Waals surface area contributed by atoms with Gasteiger partial charge in [0.1, 0.15) is 17.5 Å². The third kappa shape index (κ3) is 3.75. The van der Waals surface area contributed by atoms with E-state index in [1.807, 2.05) is 18.2 Å². The Morgan fingerprint density at radius 2 is 2.11 bits per heavy atom. The maximum atomic E-state index is 12.6. The molecule has 0 fully saturated rings. The van der Waals surface area contributed by atoms with Gasteiger partial charge in [-0.25, -0.2) is 9.97 Å². The lowest BCUT2D eigenvalue weighted by atomic mass is 10.0. The van der Waals surface area contributed by atoms with E-state index in [-0.39, 0.29) is 5.91 Å². The van der Waals surface area contributed by atoms with Gasteiger partial charge in [-0.2, -0.15) is 0 Å². The second-order valence-corrected chi connectivity index (χ2v) is 6.06. The zero-order valence-electron chi connectivity index (χ0n) is 14.7. The maximum Gasteiger partial charge on any atom is 0.247 e. The van der Waals surface area contributed by atoms with Crippen molar-refractivity contribution < 1.29 is 14.3 Å². The Morgan fingerprint density at radius 3 is 2.93 bits per heavy atom. The number of hydrogen-bond donors (Lipinski definition) is 3. The molecule has 138 valence electrons. The van der Waals surface area contributed by atoms with Crippen LogP contribution < -0.4 is 20.1 Å². The molecule has 8 heteroatoms. The van der Waals surface area contributed by atoms with Crippen LogP contribution in [0.15, 0.2) is 48.9 Å². The molecule has 2 aromatic heterocycles. The van der Waals surface area contributed by atoms with Gasteiger partial charge in [-0.15, -0.1) is 0 Å². The minimum absolute atomic E-state index is 0.175. The number of H-pyrrole nitrogens is 1. The van der Waals surface area contributed by atoms with Crippen LogP contribution in [-0.2, 0) is 11.2 Å². The predicted molar refractivity (Wildman–Crippen MR) is 99.0 cm³/mol. The average molecular weight is 365 g/mol. The first-order valence-electron chi connectivity index (χ1n) is 8.57. The number of aromatic amines is 1. The number of pyridine rings is 1. The molecule has 0 radical (unpaired) electrons. The third-order valence-corrected chi connectivity index (χ3v) is 4.28. The van der Waals surface area contributed by atoms with Gasteiger partial charge in [0.15, 0.2) is 0 Å². The molecule has 0 saturated carbocycles.